The molecule has 102 valence electrons. The molecule has 20 heavy (non-hydrogen) atoms. The second kappa shape index (κ2) is 5.34. The fourth-order valence-electron chi connectivity index (χ4n) is 2.31. The van der Waals surface area contributed by atoms with E-state index in [0.29, 0.717) is 0 Å². The maximum absolute atomic E-state index is 6.35. The molecule has 0 amide bonds. The topological polar surface area (TPSA) is 56.7 Å². The molecule has 0 bridgehead atoms. The largest absolute Gasteiger partial charge is 0.334 e. The van der Waals surface area contributed by atoms with Gasteiger partial charge in [0.1, 0.15) is 11.9 Å². The summed E-state index contributed by atoms with van der Waals surface area (Å²) in [4.78, 5) is 9.04. The number of hydrogen-bond donors (Lipinski definition) is 1. The predicted molar refractivity (Wildman–Crippen MR) is 83.4 cm³/mol. The van der Waals surface area contributed by atoms with E-state index in [4.69, 9.17) is 5.73 Å². The number of nitrogens with zero attached hydrogens (tertiary/aromatic N) is 3. The van der Waals surface area contributed by atoms with Gasteiger partial charge >= 0.3 is 0 Å². The third-order valence-corrected chi connectivity index (χ3v) is 4.00. The Balaban J connectivity index is 2.11. The molecule has 0 fully saturated rings. The number of nitrogens with two attached hydrogens (primary N) is 1. The molecular weight excluding hydrogens is 316 g/mol. The number of fused-ring (bicyclic) bond motifs is 1. The Morgan fingerprint density at radius 3 is 2.95 bits per heavy atom. The van der Waals surface area contributed by atoms with Gasteiger partial charge < -0.3 is 10.3 Å². The summed E-state index contributed by atoms with van der Waals surface area (Å²) in [7, 11) is 0. The van der Waals surface area contributed by atoms with Gasteiger partial charge in [-0.1, -0.05) is 18.2 Å². The summed E-state index contributed by atoms with van der Waals surface area (Å²) in [6, 6.07) is 9.71. The van der Waals surface area contributed by atoms with Crippen LogP contribution in [0.3, 0.4) is 0 Å². The molecular formula is C15H15BrN4. The summed E-state index contributed by atoms with van der Waals surface area (Å²) >= 11 is 3.57. The number of rotatable bonds is 3. The molecule has 1 atom stereocenters. The first-order chi connectivity index (χ1) is 9.70. The zero-order chi connectivity index (χ0) is 14.1. The zero-order valence-electron chi connectivity index (χ0n) is 11.1. The Hall–Kier alpha value is -1.72. The summed E-state index contributed by atoms with van der Waals surface area (Å²) in [6.45, 7) is 2.91. The summed E-state index contributed by atoms with van der Waals surface area (Å²) in [5, 5.41) is 1.09. The van der Waals surface area contributed by atoms with Crippen molar-refractivity contribution < 1.29 is 0 Å². The number of aromatic nitrogens is 3. The van der Waals surface area contributed by atoms with Gasteiger partial charge in [-0.3, -0.25) is 0 Å². The molecule has 0 aliphatic rings. The van der Waals surface area contributed by atoms with Gasteiger partial charge in [-0.15, -0.1) is 0 Å². The lowest BCUT2D eigenvalue weighted by atomic mass is 10.1. The maximum Gasteiger partial charge on any atom is 0.131 e. The average Bonchev–Trinajstić information content (AvgIpc) is 2.94. The monoisotopic (exact) mass is 330 g/mol. The third kappa shape index (κ3) is 2.23. The van der Waals surface area contributed by atoms with Crippen LogP contribution in [-0.4, -0.2) is 14.5 Å². The number of halogens is 1. The van der Waals surface area contributed by atoms with E-state index in [1.165, 1.54) is 0 Å². The molecule has 0 aliphatic carbocycles. The summed E-state index contributed by atoms with van der Waals surface area (Å²) < 4.78 is 2.95. The quantitative estimate of drug-likeness (QED) is 0.801. The van der Waals surface area contributed by atoms with Crippen LogP contribution in [0.1, 0.15) is 24.5 Å². The SMILES string of the molecule is CCn1ccnc1C(N)c1nc2ccccc2cc1Br. The van der Waals surface area contributed by atoms with Crippen molar-refractivity contribution in [3.05, 3.63) is 58.7 Å². The van der Waals surface area contributed by atoms with Crippen LogP contribution in [-0.2, 0) is 6.54 Å². The zero-order valence-corrected chi connectivity index (χ0v) is 12.7. The first-order valence-electron chi connectivity index (χ1n) is 6.52. The van der Waals surface area contributed by atoms with Gasteiger partial charge in [0.05, 0.1) is 11.2 Å². The van der Waals surface area contributed by atoms with E-state index < -0.39 is 0 Å². The molecule has 0 saturated heterocycles. The van der Waals surface area contributed by atoms with Crippen LogP contribution in [0.5, 0.6) is 0 Å². The van der Waals surface area contributed by atoms with Crippen molar-refractivity contribution >= 4 is 26.8 Å². The van der Waals surface area contributed by atoms with E-state index in [9.17, 15) is 0 Å². The fourth-order valence-corrected chi connectivity index (χ4v) is 2.89. The highest BCUT2D eigenvalue weighted by atomic mass is 79.9. The van der Waals surface area contributed by atoms with Gasteiger partial charge in [0.25, 0.3) is 0 Å². The Labute approximate surface area is 125 Å². The fraction of sp³-hybridized carbons (Fsp3) is 0.200. The van der Waals surface area contributed by atoms with Crippen LogP contribution in [0.4, 0.5) is 0 Å². The van der Waals surface area contributed by atoms with Gasteiger partial charge in [-0.25, -0.2) is 9.97 Å². The molecule has 2 N–H and O–H groups in total. The molecule has 0 radical (unpaired) electrons. The van der Waals surface area contributed by atoms with Crippen LogP contribution in [0.15, 0.2) is 47.2 Å². The van der Waals surface area contributed by atoms with E-state index in [1.54, 1.807) is 6.20 Å². The second-order valence-corrected chi connectivity index (χ2v) is 5.45. The normalized spacial score (nSPS) is 12.8. The van der Waals surface area contributed by atoms with Crippen molar-refractivity contribution in [1.82, 2.24) is 14.5 Å². The third-order valence-electron chi connectivity index (χ3n) is 3.37. The molecule has 4 nitrogen and oxygen atoms in total. The van der Waals surface area contributed by atoms with Crippen molar-refractivity contribution in [2.75, 3.05) is 0 Å². The van der Waals surface area contributed by atoms with E-state index in [0.717, 1.165) is 33.4 Å². The summed E-state index contributed by atoms with van der Waals surface area (Å²) in [5.41, 5.74) is 8.10. The van der Waals surface area contributed by atoms with Crippen molar-refractivity contribution in [2.45, 2.75) is 19.5 Å². The first kappa shape index (κ1) is 13.3. The Kier molecular flexibility index (Phi) is 3.54. The van der Waals surface area contributed by atoms with Gasteiger partial charge in [0.15, 0.2) is 0 Å². The lowest BCUT2D eigenvalue weighted by molar-refractivity contribution is 0.647. The van der Waals surface area contributed by atoms with Crippen molar-refractivity contribution in [3.8, 4) is 0 Å². The highest BCUT2D eigenvalue weighted by Crippen LogP contribution is 2.27. The molecule has 0 spiro atoms. The minimum atomic E-state index is -0.344. The number of para-hydroxylation sites is 1. The molecule has 5 heteroatoms. The molecule has 2 aromatic heterocycles. The predicted octanol–water partition coefficient (Wildman–Crippen LogP) is 3.26. The Morgan fingerprint density at radius 1 is 1.35 bits per heavy atom. The molecule has 0 aliphatic heterocycles. The highest BCUT2D eigenvalue weighted by molar-refractivity contribution is 9.10. The van der Waals surface area contributed by atoms with Crippen LogP contribution in [0.25, 0.3) is 10.9 Å². The number of hydrogen-bond acceptors (Lipinski definition) is 3. The smallest absolute Gasteiger partial charge is 0.131 e. The lowest BCUT2D eigenvalue weighted by Crippen LogP contribution is -2.19. The van der Waals surface area contributed by atoms with E-state index >= 15 is 0 Å². The number of pyridine rings is 1. The molecule has 0 saturated carbocycles. The minimum absolute atomic E-state index is 0.344. The molecule has 3 aromatic rings. The number of benzene rings is 1. The van der Waals surface area contributed by atoms with Crippen LogP contribution in [0.2, 0.25) is 0 Å². The molecule has 2 heterocycles. The lowest BCUT2D eigenvalue weighted by Gasteiger charge is -2.15. The Bertz CT molecular complexity index is 750. The van der Waals surface area contributed by atoms with Gasteiger partial charge in [-0.2, -0.15) is 0 Å². The number of aryl methyl sites for hydroxylation is 1. The van der Waals surface area contributed by atoms with Crippen molar-refractivity contribution in [3.63, 3.8) is 0 Å². The highest BCUT2D eigenvalue weighted by Gasteiger charge is 2.19. The standard InChI is InChI=1S/C15H15BrN4/c1-2-20-8-7-18-15(20)13(17)14-11(16)9-10-5-3-4-6-12(10)19-14/h3-9,13H,2,17H2,1H3. The van der Waals surface area contributed by atoms with E-state index in [2.05, 4.69) is 38.9 Å². The second-order valence-electron chi connectivity index (χ2n) is 4.60. The molecule has 3 rings (SSSR count). The summed E-state index contributed by atoms with van der Waals surface area (Å²) in [6.07, 6.45) is 3.71. The van der Waals surface area contributed by atoms with Crippen LogP contribution >= 0.6 is 15.9 Å². The van der Waals surface area contributed by atoms with Crippen molar-refractivity contribution in [2.24, 2.45) is 5.73 Å². The van der Waals surface area contributed by atoms with Gasteiger partial charge in [-0.05, 0) is 35.0 Å². The molecule has 1 aromatic carbocycles. The average molecular weight is 331 g/mol. The van der Waals surface area contributed by atoms with Gasteiger partial charge in [0, 0.05) is 28.8 Å². The maximum atomic E-state index is 6.35. The summed E-state index contributed by atoms with van der Waals surface area (Å²) in [5.74, 6) is 0.830. The van der Waals surface area contributed by atoms with Gasteiger partial charge in [0.2, 0.25) is 0 Å². The van der Waals surface area contributed by atoms with Crippen LogP contribution < -0.4 is 5.73 Å². The van der Waals surface area contributed by atoms with Crippen molar-refractivity contribution in [1.29, 1.82) is 0 Å². The molecule has 1 unspecified atom stereocenters. The van der Waals surface area contributed by atoms with E-state index in [1.807, 2.05) is 35.0 Å². The van der Waals surface area contributed by atoms with E-state index in [-0.39, 0.29) is 6.04 Å². The van der Waals surface area contributed by atoms with Crippen LogP contribution in [0, 0.1) is 0 Å². The minimum Gasteiger partial charge on any atom is -0.334 e. The first-order valence-corrected chi connectivity index (χ1v) is 7.31. The Morgan fingerprint density at radius 2 is 2.15 bits per heavy atom. The number of imidazole rings is 1.